The average molecular weight is 318 g/mol. The predicted molar refractivity (Wildman–Crippen MR) is 70.9 cm³/mol. The van der Waals surface area contributed by atoms with Gasteiger partial charge in [-0.2, -0.15) is 18.4 Å². The van der Waals surface area contributed by atoms with Crippen molar-refractivity contribution < 1.29 is 23.1 Å². The molecule has 114 valence electrons. The molecule has 4 nitrogen and oxygen atoms in total. The fourth-order valence-electron chi connectivity index (χ4n) is 1.66. The number of aliphatic carboxylic acids is 1. The van der Waals surface area contributed by atoms with Gasteiger partial charge < -0.3 is 5.11 Å². The second-order valence-electron chi connectivity index (χ2n) is 4.73. The van der Waals surface area contributed by atoms with Crippen LogP contribution in [0.25, 0.3) is 0 Å². The first kappa shape index (κ1) is 17.3. The van der Waals surface area contributed by atoms with Crippen molar-refractivity contribution in [3.05, 3.63) is 22.9 Å². The first-order chi connectivity index (χ1) is 9.65. The Kier molecular flexibility index (Phi) is 5.61. The largest absolute Gasteiger partial charge is 0.481 e. The molecular formula is C13H13F3N2O2S. The van der Waals surface area contributed by atoms with Crippen molar-refractivity contribution >= 4 is 17.7 Å². The van der Waals surface area contributed by atoms with Gasteiger partial charge in [0.25, 0.3) is 0 Å². The zero-order valence-electron chi connectivity index (χ0n) is 11.4. The van der Waals surface area contributed by atoms with Gasteiger partial charge in [0.05, 0.1) is 16.9 Å². The van der Waals surface area contributed by atoms with Gasteiger partial charge in [0, 0.05) is 5.69 Å². The summed E-state index contributed by atoms with van der Waals surface area (Å²) in [5, 5.41) is 17.4. The summed E-state index contributed by atoms with van der Waals surface area (Å²) in [4.78, 5) is 14.6. The fraction of sp³-hybridized carbons (Fsp3) is 0.462. The molecule has 1 N–H and O–H groups in total. The van der Waals surface area contributed by atoms with E-state index in [1.54, 1.807) is 0 Å². The molecule has 0 fully saturated rings. The number of carbonyl (C=O) groups is 1. The van der Waals surface area contributed by atoms with E-state index < -0.39 is 29.0 Å². The minimum absolute atomic E-state index is 0.0869. The lowest BCUT2D eigenvalue weighted by Gasteiger charge is -2.14. The van der Waals surface area contributed by atoms with E-state index in [1.165, 1.54) is 6.07 Å². The number of hydrogen-bond acceptors (Lipinski definition) is 4. The van der Waals surface area contributed by atoms with Crippen LogP contribution in [0.5, 0.6) is 0 Å². The first-order valence-electron chi connectivity index (χ1n) is 6.01. The Hall–Kier alpha value is -1.75. The molecule has 1 rings (SSSR count). The molecule has 1 aromatic rings. The molecule has 0 radical (unpaired) electrons. The highest BCUT2D eigenvalue weighted by molar-refractivity contribution is 7.99. The molecule has 21 heavy (non-hydrogen) atoms. The quantitative estimate of drug-likeness (QED) is 0.843. The predicted octanol–water partition coefficient (Wildman–Crippen LogP) is 3.35. The molecule has 8 heteroatoms. The second-order valence-corrected chi connectivity index (χ2v) is 5.70. The summed E-state index contributed by atoms with van der Waals surface area (Å²) >= 11 is 0.618. The number of thioether (sulfide) groups is 1. The zero-order chi connectivity index (χ0) is 16.2. The van der Waals surface area contributed by atoms with Crippen molar-refractivity contribution in [3.63, 3.8) is 0 Å². The van der Waals surface area contributed by atoms with Crippen molar-refractivity contribution in [2.24, 2.45) is 5.92 Å². The second kappa shape index (κ2) is 6.80. The van der Waals surface area contributed by atoms with E-state index in [4.69, 9.17) is 10.4 Å². The third kappa shape index (κ3) is 4.93. The maximum atomic E-state index is 13.0. The number of pyridine rings is 1. The van der Waals surface area contributed by atoms with E-state index in [0.29, 0.717) is 18.2 Å². The Bertz CT molecular complexity index is 580. The number of nitrogens with zero attached hydrogens (tertiary/aromatic N) is 2. The van der Waals surface area contributed by atoms with E-state index in [9.17, 15) is 18.0 Å². The van der Waals surface area contributed by atoms with Gasteiger partial charge in [-0.05, 0) is 18.4 Å². The van der Waals surface area contributed by atoms with Crippen molar-refractivity contribution in [2.45, 2.75) is 31.5 Å². The Balaban J connectivity index is 3.37. The number of halogens is 3. The lowest BCUT2D eigenvalue weighted by molar-refractivity contribution is -0.138. The van der Waals surface area contributed by atoms with Gasteiger partial charge in [0.2, 0.25) is 0 Å². The van der Waals surface area contributed by atoms with Crippen LogP contribution in [0.15, 0.2) is 11.1 Å². The lowest BCUT2D eigenvalue weighted by atomic mass is 10.0. The van der Waals surface area contributed by atoms with Gasteiger partial charge in [0.1, 0.15) is 11.1 Å². The van der Waals surface area contributed by atoms with Crippen LogP contribution in [0.4, 0.5) is 13.2 Å². The highest BCUT2D eigenvalue weighted by Crippen LogP contribution is 2.36. The van der Waals surface area contributed by atoms with Gasteiger partial charge in [-0.25, -0.2) is 4.98 Å². The van der Waals surface area contributed by atoms with Crippen LogP contribution in [0.3, 0.4) is 0 Å². The maximum absolute atomic E-state index is 13.0. The van der Waals surface area contributed by atoms with Crippen LogP contribution in [0.2, 0.25) is 0 Å². The molecular weight excluding hydrogens is 305 g/mol. The van der Waals surface area contributed by atoms with E-state index >= 15 is 0 Å². The molecule has 0 aliphatic carbocycles. The summed E-state index contributed by atoms with van der Waals surface area (Å²) in [5.74, 6) is -1.55. The number of carboxylic acid groups (broad SMARTS) is 1. The smallest absolute Gasteiger partial charge is 0.417 e. The molecule has 0 bridgehead atoms. The molecule has 0 unspecified atom stereocenters. The van der Waals surface area contributed by atoms with Crippen LogP contribution in [0.1, 0.15) is 30.7 Å². The van der Waals surface area contributed by atoms with Crippen LogP contribution in [-0.2, 0) is 17.4 Å². The molecule has 0 aliphatic heterocycles. The highest BCUT2D eigenvalue weighted by Gasteiger charge is 2.36. The monoisotopic (exact) mass is 318 g/mol. The topological polar surface area (TPSA) is 74.0 Å². The summed E-state index contributed by atoms with van der Waals surface area (Å²) in [6.07, 6.45) is -4.37. The summed E-state index contributed by atoms with van der Waals surface area (Å²) in [6, 6.07) is 2.34. The van der Waals surface area contributed by atoms with Gasteiger partial charge >= 0.3 is 12.1 Å². The number of aromatic nitrogens is 1. The Morgan fingerprint density at radius 3 is 2.57 bits per heavy atom. The third-order valence-electron chi connectivity index (χ3n) is 2.41. The van der Waals surface area contributed by atoms with Crippen molar-refractivity contribution in [2.75, 3.05) is 5.75 Å². The summed E-state index contributed by atoms with van der Waals surface area (Å²) in [7, 11) is 0. The number of alkyl halides is 3. The molecule has 0 aromatic carbocycles. The Morgan fingerprint density at radius 1 is 1.52 bits per heavy atom. The lowest BCUT2D eigenvalue weighted by Crippen LogP contribution is -2.13. The molecule has 1 aromatic heterocycles. The normalized spacial score (nSPS) is 11.5. The van der Waals surface area contributed by atoms with Gasteiger partial charge in [0.15, 0.2) is 0 Å². The summed E-state index contributed by atoms with van der Waals surface area (Å²) < 4.78 is 39.1. The molecule has 0 atom stereocenters. The van der Waals surface area contributed by atoms with Gasteiger partial charge in [-0.1, -0.05) is 25.6 Å². The number of carboxylic acids is 1. The van der Waals surface area contributed by atoms with Crippen LogP contribution >= 0.6 is 11.8 Å². The molecule has 0 amide bonds. The highest BCUT2D eigenvalue weighted by atomic mass is 32.2. The third-order valence-corrected chi connectivity index (χ3v) is 3.37. The van der Waals surface area contributed by atoms with Crippen molar-refractivity contribution in [1.29, 1.82) is 5.26 Å². The SMILES string of the molecule is CC(C)Cc1cc(C(F)(F)F)c(C#N)c(SCC(=O)O)n1. The molecule has 0 spiro atoms. The number of hydrogen-bond donors (Lipinski definition) is 1. The van der Waals surface area contributed by atoms with E-state index in [-0.39, 0.29) is 16.6 Å². The van der Waals surface area contributed by atoms with Gasteiger partial charge in [-0.15, -0.1) is 0 Å². The Morgan fingerprint density at radius 2 is 2.14 bits per heavy atom. The van der Waals surface area contributed by atoms with Crippen LogP contribution in [-0.4, -0.2) is 21.8 Å². The molecule has 1 heterocycles. The van der Waals surface area contributed by atoms with Crippen LogP contribution < -0.4 is 0 Å². The summed E-state index contributed by atoms with van der Waals surface area (Å²) in [5.41, 5.74) is -1.49. The van der Waals surface area contributed by atoms with Crippen molar-refractivity contribution in [1.82, 2.24) is 4.98 Å². The van der Waals surface area contributed by atoms with E-state index in [1.807, 2.05) is 13.8 Å². The number of nitriles is 1. The molecule has 0 saturated carbocycles. The van der Waals surface area contributed by atoms with E-state index in [0.717, 1.165) is 6.07 Å². The van der Waals surface area contributed by atoms with E-state index in [2.05, 4.69) is 4.98 Å². The standard InChI is InChI=1S/C13H13F3N2O2S/c1-7(2)3-8-4-10(13(14,15)16)9(5-17)12(18-8)21-6-11(19)20/h4,7H,3,6H2,1-2H3,(H,19,20). The zero-order valence-corrected chi connectivity index (χ0v) is 12.2. The first-order valence-corrected chi connectivity index (χ1v) is 6.99. The van der Waals surface area contributed by atoms with Crippen molar-refractivity contribution in [3.8, 4) is 6.07 Å². The van der Waals surface area contributed by atoms with Gasteiger partial charge in [-0.3, -0.25) is 4.79 Å². The molecule has 0 aliphatic rings. The minimum Gasteiger partial charge on any atom is -0.481 e. The average Bonchev–Trinajstić information content (AvgIpc) is 2.33. The molecule has 0 saturated heterocycles. The Labute approximate surface area is 124 Å². The van der Waals surface area contributed by atoms with Crippen LogP contribution in [0, 0.1) is 17.2 Å². The maximum Gasteiger partial charge on any atom is 0.417 e. The summed E-state index contributed by atoms with van der Waals surface area (Å²) in [6.45, 7) is 3.66. The number of rotatable bonds is 5. The minimum atomic E-state index is -4.68. The fourth-order valence-corrected chi connectivity index (χ4v) is 2.40.